The minimum atomic E-state index is -0.213. The van der Waals surface area contributed by atoms with Crippen LogP contribution in [0.15, 0.2) is 78.9 Å². The number of halogens is 2. The Labute approximate surface area is 200 Å². The van der Waals surface area contributed by atoms with Gasteiger partial charge in [0.2, 0.25) is 0 Å². The zero-order chi connectivity index (χ0) is 23.6. The van der Waals surface area contributed by atoms with Gasteiger partial charge in [-0.2, -0.15) is 0 Å². The maximum Gasteiger partial charge on any atom is 0.123 e. The molecule has 0 aliphatic carbocycles. The molecule has 0 aromatic heterocycles. The van der Waals surface area contributed by atoms with Crippen molar-refractivity contribution in [3.05, 3.63) is 96.1 Å². The SMILES string of the molecule is CC(C)c1cc2c3cc(F)ccc3c3cc4c(cc5c6ccc(F)cc6c6cccc4c65)c(c1)c23. The van der Waals surface area contributed by atoms with E-state index in [1.54, 1.807) is 24.3 Å². The average Bonchev–Trinajstić information content (AvgIpc) is 3.33. The molecule has 0 fully saturated rings. The lowest BCUT2D eigenvalue weighted by Gasteiger charge is -2.13. The van der Waals surface area contributed by atoms with Crippen molar-refractivity contribution in [2.24, 2.45) is 0 Å². The molecule has 0 unspecified atom stereocenters. The topological polar surface area (TPSA) is 0 Å². The van der Waals surface area contributed by atoms with Gasteiger partial charge in [-0.05, 0) is 123 Å². The lowest BCUT2D eigenvalue weighted by atomic mass is 9.90. The van der Waals surface area contributed by atoms with Crippen molar-refractivity contribution in [1.29, 1.82) is 0 Å². The van der Waals surface area contributed by atoms with E-state index in [4.69, 9.17) is 0 Å². The van der Waals surface area contributed by atoms with Crippen molar-refractivity contribution in [3.8, 4) is 0 Å². The lowest BCUT2D eigenvalue weighted by Crippen LogP contribution is -1.89. The van der Waals surface area contributed by atoms with Crippen LogP contribution in [0.3, 0.4) is 0 Å². The molecular formula is C33H20F2. The summed E-state index contributed by atoms with van der Waals surface area (Å²) in [6.45, 7) is 4.40. The highest BCUT2D eigenvalue weighted by molar-refractivity contribution is 6.40. The molecule has 0 N–H and O–H groups in total. The van der Waals surface area contributed by atoms with Crippen molar-refractivity contribution in [2.75, 3.05) is 0 Å². The van der Waals surface area contributed by atoms with Crippen molar-refractivity contribution in [3.63, 3.8) is 0 Å². The molecule has 166 valence electrons. The van der Waals surface area contributed by atoms with E-state index in [-0.39, 0.29) is 11.6 Å². The highest BCUT2D eigenvalue weighted by atomic mass is 19.1. The predicted molar refractivity (Wildman–Crippen MR) is 145 cm³/mol. The largest absolute Gasteiger partial charge is 0.207 e. The Hall–Kier alpha value is -4.04. The molecule has 8 aromatic carbocycles. The first-order valence-corrected chi connectivity index (χ1v) is 12.1. The van der Waals surface area contributed by atoms with Crippen LogP contribution in [-0.2, 0) is 0 Å². The number of hydrogen-bond acceptors (Lipinski definition) is 0. The van der Waals surface area contributed by atoms with Gasteiger partial charge in [-0.25, -0.2) is 8.78 Å². The van der Waals surface area contributed by atoms with E-state index in [9.17, 15) is 8.78 Å². The van der Waals surface area contributed by atoms with Crippen molar-refractivity contribution in [1.82, 2.24) is 0 Å². The summed E-state index contributed by atoms with van der Waals surface area (Å²) in [7, 11) is 0. The Balaban J connectivity index is 1.71. The summed E-state index contributed by atoms with van der Waals surface area (Å²) in [5.74, 6) is -0.0759. The summed E-state index contributed by atoms with van der Waals surface area (Å²) in [6, 6.07) is 25.7. The summed E-state index contributed by atoms with van der Waals surface area (Å²) in [6.07, 6.45) is 0. The third-order valence-electron chi connectivity index (χ3n) is 8.00. The maximum absolute atomic E-state index is 14.4. The fourth-order valence-electron chi connectivity index (χ4n) is 6.41. The first-order valence-electron chi connectivity index (χ1n) is 12.1. The van der Waals surface area contributed by atoms with Crippen LogP contribution in [0.4, 0.5) is 8.78 Å². The molecule has 0 atom stereocenters. The number of rotatable bonds is 1. The van der Waals surface area contributed by atoms with E-state index in [1.165, 1.54) is 37.9 Å². The summed E-state index contributed by atoms with van der Waals surface area (Å²) in [5, 5.41) is 15.8. The molecule has 0 heterocycles. The molecular weight excluding hydrogens is 434 g/mol. The first kappa shape index (κ1) is 19.3. The van der Waals surface area contributed by atoms with Gasteiger partial charge in [0.1, 0.15) is 11.6 Å². The average molecular weight is 455 g/mol. The Morgan fingerprint density at radius 1 is 0.429 bits per heavy atom. The quantitative estimate of drug-likeness (QED) is 0.216. The summed E-state index contributed by atoms with van der Waals surface area (Å²) in [5.41, 5.74) is 1.25. The second-order valence-electron chi connectivity index (χ2n) is 10.2. The molecule has 8 rings (SSSR count). The van der Waals surface area contributed by atoms with Crippen LogP contribution in [0.5, 0.6) is 0 Å². The standard InChI is InChI=1S/C33H20F2/c1-16(2)17-10-28-25-13-19(35)7-9-21(25)31-14-26-23-5-3-4-22-24-12-18(34)6-8-20(24)30(32(22)23)15-27(26)29(11-17)33(28)31/h3-16H,1-2H3. The molecule has 0 saturated carbocycles. The van der Waals surface area contributed by atoms with Crippen molar-refractivity contribution in [2.45, 2.75) is 19.8 Å². The number of hydrogen-bond donors (Lipinski definition) is 0. The van der Waals surface area contributed by atoms with Gasteiger partial charge in [-0.3, -0.25) is 0 Å². The number of fused-ring (bicyclic) bond motifs is 9. The van der Waals surface area contributed by atoms with Crippen LogP contribution in [0, 0.1) is 11.6 Å². The summed E-state index contributed by atoms with van der Waals surface area (Å²) >= 11 is 0. The van der Waals surface area contributed by atoms with E-state index < -0.39 is 0 Å². The minimum Gasteiger partial charge on any atom is -0.207 e. The monoisotopic (exact) mass is 454 g/mol. The Morgan fingerprint density at radius 3 is 1.40 bits per heavy atom. The van der Waals surface area contributed by atoms with E-state index in [0.29, 0.717) is 5.92 Å². The zero-order valence-electron chi connectivity index (χ0n) is 19.3. The van der Waals surface area contributed by atoms with Gasteiger partial charge in [0.25, 0.3) is 0 Å². The summed E-state index contributed by atoms with van der Waals surface area (Å²) in [4.78, 5) is 0. The minimum absolute atomic E-state index is 0.208. The fourth-order valence-corrected chi connectivity index (χ4v) is 6.41. The Morgan fingerprint density at radius 2 is 0.857 bits per heavy atom. The lowest BCUT2D eigenvalue weighted by molar-refractivity contribution is 0.629. The molecule has 0 saturated heterocycles. The maximum atomic E-state index is 14.4. The third-order valence-corrected chi connectivity index (χ3v) is 8.00. The van der Waals surface area contributed by atoms with Crippen LogP contribution in [-0.4, -0.2) is 0 Å². The van der Waals surface area contributed by atoms with Crippen molar-refractivity contribution >= 4 is 75.4 Å². The number of benzene rings is 6. The van der Waals surface area contributed by atoms with Gasteiger partial charge in [-0.15, -0.1) is 0 Å². The van der Waals surface area contributed by atoms with Gasteiger partial charge in [0, 0.05) is 0 Å². The van der Waals surface area contributed by atoms with Gasteiger partial charge >= 0.3 is 0 Å². The normalized spacial score (nSPS) is 12.8. The molecule has 8 aromatic rings. The van der Waals surface area contributed by atoms with E-state index in [0.717, 1.165) is 43.1 Å². The van der Waals surface area contributed by atoms with Crippen LogP contribution >= 0.6 is 0 Å². The van der Waals surface area contributed by atoms with E-state index in [1.807, 2.05) is 12.1 Å². The van der Waals surface area contributed by atoms with Crippen LogP contribution in [0.25, 0.3) is 75.4 Å². The molecule has 0 radical (unpaired) electrons. The van der Waals surface area contributed by atoms with Gasteiger partial charge in [0.15, 0.2) is 0 Å². The molecule has 2 heteroatoms. The molecule has 0 bridgehead atoms. The van der Waals surface area contributed by atoms with Gasteiger partial charge in [-0.1, -0.05) is 56.3 Å². The predicted octanol–water partition coefficient (Wildman–Crippen LogP) is 10.0. The van der Waals surface area contributed by atoms with Crippen molar-refractivity contribution < 1.29 is 8.78 Å². The second-order valence-corrected chi connectivity index (χ2v) is 10.2. The molecule has 0 nitrogen and oxygen atoms in total. The Kier molecular flexibility index (Phi) is 3.49. The van der Waals surface area contributed by atoms with E-state index in [2.05, 4.69) is 56.3 Å². The fraction of sp³-hybridized carbons (Fsp3) is 0.0909. The highest BCUT2D eigenvalue weighted by Crippen LogP contribution is 2.48. The highest BCUT2D eigenvalue weighted by Gasteiger charge is 2.20. The third kappa shape index (κ3) is 2.34. The first-order chi connectivity index (χ1) is 17.0. The van der Waals surface area contributed by atoms with Crippen LogP contribution in [0.1, 0.15) is 25.3 Å². The Bertz CT molecular complexity index is 2150. The zero-order valence-corrected chi connectivity index (χ0v) is 19.3. The smallest absolute Gasteiger partial charge is 0.123 e. The second kappa shape index (κ2) is 6.34. The molecule has 35 heavy (non-hydrogen) atoms. The molecule has 0 spiro atoms. The van der Waals surface area contributed by atoms with Gasteiger partial charge < -0.3 is 0 Å². The van der Waals surface area contributed by atoms with Crippen LogP contribution < -0.4 is 0 Å². The molecule has 0 aliphatic rings. The van der Waals surface area contributed by atoms with E-state index >= 15 is 0 Å². The molecule has 0 aliphatic heterocycles. The molecule has 0 amide bonds. The van der Waals surface area contributed by atoms with Crippen LogP contribution in [0.2, 0.25) is 0 Å². The van der Waals surface area contributed by atoms with Gasteiger partial charge in [0.05, 0.1) is 0 Å². The summed E-state index contributed by atoms with van der Waals surface area (Å²) < 4.78 is 28.6.